The number of piperidine rings is 1. The van der Waals surface area contributed by atoms with E-state index in [-0.39, 0.29) is 17.6 Å². The predicted octanol–water partition coefficient (Wildman–Crippen LogP) is 4.64. The number of carbonyl (C=O) groups excluding carboxylic acids is 1. The highest BCUT2D eigenvalue weighted by Crippen LogP contribution is 2.24. The van der Waals surface area contributed by atoms with E-state index in [0.717, 1.165) is 49.3 Å². The molecule has 3 rings (SSSR count). The SMILES string of the molecule is Cc1cc(Cl)ccc1NC(=O)C1CCN(Cc2ccc(F)cc2)CC1. The smallest absolute Gasteiger partial charge is 0.227 e. The Morgan fingerprint density at radius 1 is 1.20 bits per heavy atom. The fourth-order valence-corrected chi connectivity index (χ4v) is 3.43. The largest absolute Gasteiger partial charge is 0.326 e. The number of hydrogen-bond acceptors (Lipinski definition) is 2. The minimum absolute atomic E-state index is 0.0274. The Kier molecular flexibility index (Phi) is 5.71. The summed E-state index contributed by atoms with van der Waals surface area (Å²) in [5.41, 5.74) is 2.89. The average Bonchev–Trinajstić information content (AvgIpc) is 2.60. The second-order valence-corrected chi connectivity index (χ2v) is 7.06. The third kappa shape index (κ3) is 4.80. The molecule has 1 aliphatic heterocycles. The number of amides is 1. The normalized spacial score (nSPS) is 16.0. The molecule has 0 aliphatic carbocycles. The summed E-state index contributed by atoms with van der Waals surface area (Å²) < 4.78 is 13.0. The first kappa shape index (κ1) is 17.9. The lowest BCUT2D eigenvalue weighted by atomic mass is 9.95. The molecule has 25 heavy (non-hydrogen) atoms. The van der Waals surface area contributed by atoms with E-state index in [1.165, 1.54) is 12.1 Å². The lowest BCUT2D eigenvalue weighted by Crippen LogP contribution is -2.37. The molecule has 0 spiro atoms. The maximum absolute atomic E-state index is 13.0. The van der Waals surface area contributed by atoms with Gasteiger partial charge in [0.1, 0.15) is 5.82 Å². The monoisotopic (exact) mass is 360 g/mol. The Morgan fingerprint density at radius 3 is 2.52 bits per heavy atom. The van der Waals surface area contributed by atoms with Crippen LogP contribution in [0.3, 0.4) is 0 Å². The van der Waals surface area contributed by atoms with Gasteiger partial charge in [-0.2, -0.15) is 0 Å². The Labute approximate surface area is 152 Å². The van der Waals surface area contributed by atoms with E-state index < -0.39 is 0 Å². The summed E-state index contributed by atoms with van der Waals surface area (Å²) in [6.45, 7) is 4.47. The predicted molar refractivity (Wildman–Crippen MR) is 99.2 cm³/mol. The summed E-state index contributed by atoms with van der Waals surface area (Å²) >= 11 is 5.95. The molecule has 0 unspecified atom stereocenters. The van der Waals surface area contributed by atoms with Crippen molar-refractivity contribution in [1.82, 2.24) is 4.90 Å². The van der Waals surface area contributed by atoms with Crippen LogP contribution in [-0.4, -0.2) is 23.9 Å². The molecule has 5 heteroatoms. The minimum atomic E-state index is -0.211. The van der Waals surface area contributed by atoms with Crippen LogP contribution in [0, 0.1) is 18.7 Å². The van der Waals surface area contributed by atoms with Gasteiger partial charge in [0.05, 0.1) is 0 Å². The van der Waals surface area contributed by atoms with E-state index in [0.29, 0.717) is 5.02 Å². The number of anilines is 1. The fourth-order valence-electron chi connectivity index (χ4n) is 3.20. The number of halogens is 2. The van der Waals surface area contributed by atoms with Gasteiger partial charge in [0, 0.05) is 23.2 Å². The van der Waals surface area contributed by atoms with Crippen LogP contribution in [-0.2, 0) is 11.3 Å². The first-order valence-corrected chi connectivity index (χ1v) is 8.93. The zero-order valence-electron chi connectivity index (χ0n) is 14.3. The van der Waals surface area contributed by atoms with Crippen LogP contribution < -0.4 is 5.32 Å². The number of likely N-dealkylation sites (tertiary alicyclic amines) is 1. The van der Waals surface area contributed by atoms with E-state index in [2.05, 4.69) is 10.2 Å². The van der Waals surface area contributed by atoms with Crippen molar-refractivity contribution < 1.29 is 9.18 Å². The minimum Gasteiger partial charge on any atom is -0.326 e. The third-order valence-corrected chi connectivity index (χ3v) is 4.96. The third-order valence-electron chi connectivity index (χ3n) is 4.72. The van der Waals surface area contributed by atoms with Crippen LogP contribution in [0.2, 0.25) is 5.02 Å². The molecule has 0 radical (unpaired) electrons. The second kappa shape index (κ2) is 7.98. The molecular formula is C20H22ClFN2O. The zero-order chi connectivity index (χ0) is 17.8. The first-order chi connectivity index (χ1) is 12.0. The van der Waals surface area contributed by atoms with Gasteiger partial charge in [-0.15, -0.1) is 0 Å². The van der Waals surface area contributed by atoms with Gasteiger partial charge in [-0.3, -0.25) is 9.69 Å². The molecule has 1 aliphatic rings. The lowest BCUT2D eigenvalue weighted by molar-refractivity contribution is -0.121. The van der Waals surface area contributed by atoms with Crippen molar-refractivity contribution >= 4 is 23.2 Å². The number of nitrogens with one attached hydrogen (secondary N) is 1. The molecular weight excluding hydrogens is 339 g/mol. The Balaban J connectivity index is 1.51. The van der Waals surface area contributed by atoms with Gasteiger partial charge in [0.25, 0.3) is 0 Å². The van der Waals surface area contributed by atoms with Crippen molar-refractivity contribution in [3.05, 3.63) is 64.4 Å². The molecule has 1 N–H and O–H groups in total. The van der Waals surface area contributed by atoms with E-state index in [9.17, 15) is 9.18 Å². The van der Waals surface area contributed by atoms with E-state index in [1.54, 1.807) is 6.07 Å². The highest BCUT2D eigenvalue weighted by molar-refractivity contribution is 6.30. The zero-order valence-corrected chi connectivity index (χ0v) is 15.0. The summed E-state index contributed by atoms with van der Waals surface area (Å²) in [6.07, 6.45) is 1.67. The molecule has 1 saturated heterocycles. The Bertz CT molecular complexity index is 740. The molecule has 0 saturated carbocycles. The number of benzene rings is 2. The van der Waals surface area contributed by atoms with Crippen molar-refractivity contribution in [2.45, 2.75) is 26.3 Å². The van der Waals surface area contributed by atoms with Crippen LogP contribution in [0.15, 0.2) is 42.5 Å². The van der Waals surface area contributed by atoms with E-state index >= 15 is 0 Å². The lowest BCUT2D eigenvalue weighted by Gasteiger charge is -2.31. The van der Waals surface area contributed by atoms with E-state index in [1.807, 2.05) is 31.2 Å². The molecule has 2 aromatic rings. The molecule has 1 fully saturated rings. The van der Waals surface area contributed by atoms with Gasteiger partial charge >= 0.3 is 0 Å². The van der Waals surface area contributed by atoms with Gasteiger partial charge in [0.2, 0.25) is 5.91 Å². The summed E-state index contributed by atoms with van der Waals surface area (Å²) in [4.78, 5) is 14.8. The molecule has 0 aromatic heterocycles. The van der Waals surface area contributed by atoms with Crippen molar-refractivity contribution in [3.63, 3.8) is 0 Å². The maximum Gasteiger partial charge on any atom is 0.227 e. The summed E-state index contributed by atoms with van der Waals surface area (Å²) in [5.74, 6) is -0.108. The average molecular weight is 361 g/mol. The molecule has 1 amide bonds. The number of hydrogen-bond donors (Lipinski definition) is 1. The summed E-state index contributed by atoms with van der Waals surface area (Å²) in [5, 5.41) is 3.69. The Hall–Kier alpha value is -1.91. The van der Waals surface area contributed by atoms with Crippen molar-refractivity contribution in [2.75, 3.05) is 18.4 Å². The fraction of sp³-hybridized carbons (Fsp3) is 0.350. The Morgan fingerprint density at radius 2 is 1.88 bits per heavy atom. The number of carbonyl (C=O) groups is 1. The van der Waals surface area contributed by atoms with Crippen molar-refractivity contribution in [2.24, 2.45) is 5.92 Å². The quantitative estimate of drug-likeness (QED) is 0.861. The standard InChI is InChI=1S/C20H22ClFN2O/c1-14-12-17(21)4-7-19(14)23-20(25)16-8-10-24(11-9-16)13-15-2-5-18(22)6-3-15/h2-7,12,16H,8-11,13H2,1H3,(H,23,25). The first-order valence-electron chi connectivity index (χ1n) is 8.55. The molecule has 1 heterocycles. The number of rotatable bonds is 4. The van der Waals surface area contributed by atoms with Gasteiger partial charge in [-0.25, -0.2) is 4.39 Å². The highest BCUT2D eigenvalue weighted by atomic mass is 35.5. The molecule has 2 aromatic carbocycles. The van der Waals surface area contributed by atoms with Gasteiger partial charge in [-0.05, 0) is 74.3 Å². The number of nitrogens with zero attached hydrogens (tertiary/aromatic N) is 1. The maximum atomic E-state index is 13.0. The van der Waals surface area contributed by atoms with Crippen molar-refractivity contribution in [1.29, 1.82) is 0 Å². The van der Waals surface area contributed by atoms with Crippen LogP contribution in [0.5, 0.6) is 0 Å². The molecule has 132 valence electrons. The molecule has 3 nitrogen and oxygen atoms in total. The van der Waals surface area contributed by atoms with Crippen LogP contribution in [0.1, 0.15) is 24.0 Å². The van der Waals surface area contributed by atoms with Crippen LogP contribution >= 0.6 is 11.6 Å². The summed E-state index contributed by atoms with van der Waals surface area (Å²) in [6, 6.07) is 12.1. The topological polar surface area (TPSA) is 32.3 Å². The molecule has 0 atom stereocenters. The second-order valence-electron chi connectivity index (χ2n) is 6.63. The summed E-state index contributed by atoms with van der Waals surface area (Å²) in [7, 11) is 0. The van der Waals surface area contributed by atoms with E-state index in [4.69, 9.17) is 11.6 Å². The van der Waals surface area contributed by atoms with Gasteiger partial charge in [0.15, 0.2) is 0 Å². The molecule has 0 bridgehead atoms. The van der Waals surface area contributed by atoms with Crippen molar-refractivity contribution in [3.8, 4) is 0 Å². The van der Waals surface area contributed by atoms with Gasteiger partial charge < -0.3 is 5.32 Å². The highest BCUT2D eigenvalue weighted by Gasteiger charge is 2.25. The van der Waals surface area contributed by atoms with Crippen LogP contribution in [0.4, 0.5) is 10.1 Å². The van der Waals surface area contributed by atoms with Gasteiger partial charge in [-0.1, -0.05) is 23.7 Å². The number of aryl methyl sites for hydroxylation is 1. The van der Waals surface area contributed by atoms with Crippen LogP contribution in [0.25, 0.3) is 0 Å².